The van der Waals surface area contributed by atoms with Crippen molar-refractivity contribution in [1.82, 2.24) is 0 Å². The fourth-order valence-electron chi connectivity index (χ4n) is 1.53. The Kier molecular flexibility index (Phi) is 6.01. The Morgan fingerprint density at radius 2 is 2.06 bits per heavy atom. The molecule has 0 spiro atoms. The van der Waals surface area contributed by atoms with E-state index >= 15 is 0 Å². The molecular formula is C13H18O4S. The van der Waals surface area contributed by atoms with Gasteiger partial charge in [0.05, 0.1) is 19.5 Å². The van der Waals surface area contributed by atoms with Gasteiger partial charge in [0.1, 0.15) is 5.75 Å². The highest BCUT2D eigenvalue weighted by atomic mass is 32.2. The molecule has 1 aromatic carbocycles. The normalized spacial score (nSPS) is 12.2. The predicted octanol–water partition coefficient (Wildman–Crippen LogP) is 1.79. The topological polar surface area (TPSA) is 52.6 Å². The minimum absolute atomic E-state index is 0.0124. The number of hydrogen-bond acceptors (Lipinski definition) is 4. The molecule has 0 saturated heterocycles. The molecule has 0 aromatic heterocycles. The number of carbonyl (C=O) groups is 1. The number of Topliss-reactive ketones (excluding diaryl/α,β-unsaturated/α-hetero) is 1. The van der Waals surface area contributed by atoms with E-state index in [-0.39, 0.29) is 5.78 Å². The van der Waals surface area contributed by atoms with Crippen LogP contribution in [-0.2, 0) is 21.3 Å². The van der Waals surface area contributed by atoms with Crippen LogP contribution in [0, 0.1) is 0 Å². The zero-order chi connectivity index (χ0) is 13.5. The van der Waals surface area contributed by atoms with Crippen LogP contribution in [0.2, 0.25) is 0 Å². The molecule has 4 nitrogen and oxygen atoms in total. The smallest absolute Gasteiger partial charge is 0.159 e. The fraction of sp³-hybridized carbons (Fsp3) is 0.462. The number of benzene rings is 1. The van der Waals surface area contributed by atoms with E-state index in [1.807, 2.05) is 0 Å². The molecule has 0 aliphatic heterocycles. The van der Waals surface area contributed by atoms with Gasteiger partial charge in [0.25, 0.3) is 0 Å². The summed E-state index contributed by atoms with van der Waals surface area (Å²) in [4.78, 5) is 11.3. The Hall–Kier alpha value is -1.20. The van der Waals surface area contributed by atoms with Crippen molar-refractivity contribution < 1.29 is 18.5 Å². The summed E-state index contributed by atoms with van der Waals surface area (Å²) in [6.45, 7) is 1.97. The van der Waals surface area contributed by atoms with Gasteiger partial charge >= 0.3 is 0 Å². The number of methoxy groups -OCH3 is 2. The lowest BCUT2D eigenvalue weighted by Crippen LogP contribution is -2.08. The summed E-state index contributed by atoms with van der Waals surface area (Å²) in [5.74, 6) is 1.49. The van der Waals surface area contributed by atoms with Crippen LogP contribution in [0.1, 0.15) is 22.8 Å². The molecule has 0 heterocycles. The third-order valence-electron chi connectivity index (χ3n) is 2.52. The molecule has 0 bridgehead atoms. The maximum absolute atomic E-state index is 11.8. The van der Waals surface area contributed by atoms with Gasteiger partial charge in [-0.3, -0.25) is 9.00 Å². The highest BCUT2D eigenvalue weighted by Crippen LogP contribution is 2.21. The third-order valence-corrected chi connectivity index (χ3v) is 3.77. The molecule has 0 aliphatic rings. The summed E-state index contributed by atoms with van der Waals surface area (Å²) in [5, 5.41) is 0. The largest absolute Gasteiger partial charge is 0.496 e. The lowest BCUT2D eigenvalue weighted by molar-refractivity contribution is 0.101. The summed E-state index contributed by atoms with van der Waals surface area (Å²) in [7, 11) is 2.12. The molecule has 0 aliphatic carbocycles. The van der Waals surface area contributed by atoms with Crippen LogP contribution in [-0.4, -0.2) is 36.6 Å². The lowest BCUT2D eigenvalue weighted by atomic mass is 10.1. The van der Waals surface area contributed by atoms with Gasteiger partial charge in [0.2, 0.25) is 0 Å². The van der Waals surface area contributed by atoms with Gasteiger partial charge in [-0.25, -0.2) is 0 Å². The second-order valence-electron chi connectivity index (χ2n) is 3.86. The zero-order valence-corrected chi connectivity index (χ0v) is 11.7. The molecule has 1 rings (SSSR count). The van der Waals surface area contributed by atoms with Crippen LogP contribution in [0.15, 0.2) is 18.2 Å². The number of ether oxygens (including phenoxy) is 2. The highest BCUT2D eigenvalue weighted by molar-refractivity contribution is 7.84. The molecule has 0 amide bonds. The Morgan fingerprint density at radius 1 is 1.33 bits per heavy atom. The molecule has 18 heavy (non-hydrogen) atoms. The first-order valence-electron chi connectivity index (χ1n) is 5.60. The van der Waals surface area contributed by atoms with Crippen LogP contribution in [0.4, 0.5) is 0 Å². The van der Waals surface area contributed by atoms with Gasteiger partial charge < -0.3 is 9.47 Å². The molecule has 1 unspecified atom stereocenters. The van der Waals surface area contributed by atoms with E-state index in [0.29, 0.717) is 29.4 Å². The summed E-state index contributed by atoms with van der Waals surface area (Å²) >= 11 is 0. The number of carbonyl (C=O) groups excluding carboxylic acids is 1. The van der Waals surface area contributed by atoms with Crippen LogP contribution < -0.4 is 4.74 Å². The Bertz CT molecular complexity index is 443. The minimum atomic E-state index is -1.02. The second-order valence-corrected chi connectivity index (χ2v) is 5.44. The van der Waals surface area contributed by atoms with E-state index < -0.39 is 10.8 Å². The SMILES string of the molecule is COCCS(=O)Cc1cc(C(C)=O)ccc1OC. The van der Waals surface area contributed by atoms with E-state index in [1.165, 1.54) is 6.92 Å². The summed E-state index contributed by atoms with van der Waals surface area (Å²) < 4.78 is 21.9. The van der Waals surface area contributed by atoms with Crippen molar-refractivity contribution in [1.29, 1.82) is 0 Å². The van der Waals surface area contributed by atoms with Crippen molar-refractivity contribution in [3.8, 4) is 5.75 Å². The van der Waals surface area contributed by atoms with E-state index in [9.17, 15) is 9.00 Å². The van der Waals surface area contributed by atoms with Gasteiger partial charge in [-0.15, -0.1) is 0 Å². The van der Waals surface area contributed by atoms with Gasteiger partial charge in [-0.05, 0) is 25.1 Å². The maximum Gasteiger partial charge on any atom is 0.159 e. The quantitative estimate of drug-likeness (QED) is 0.709. The van der Waals surface area contributed by atoms with Crippen molar-refractivity contribution in [2.45, 2.75) is 12.7 Å². The standard InChI is InChI=1S/C13H18O4S/c1-10(14)11-4-5-13(17-3)12(8-11)9-18(15)7-6-16-2/h4-5,8H,6-7,9H2,1-3H3. The summed E-state index contributed by atoms with van der Waals surface area (Å²) in [6, 6.07) is 5.19. The zero-order valence-electron chi connectivity index (χ0n) is 10.9. The number of rotatable bonds is 7. The number of ketones is 1. The maximum atomic E-state index is 11.8. The molecule has 0 saturated carbocycles. The first-order valence-corrected chi connectivity index (χ1v) is 7.09. The third kappa shape index (κ3) is 4.23. The van der Waals surface area contributed by atoms with Crippen LogP contribution in [0.25, 0.3) is 0 Å². The minimum Gasteiger partial charge on any atom is -0.496 e. The van der Waals surface area contributed by atoms with E-state index in [4.69, 9.17) is 9.47 Å². The highest BCUT2D eigenvalue weighted by Gasteiger charge is 2.10. The Labute approximate surface area is 110 Å². The summed E-state index contributed by atoms with van der Waals surface area (Å²) in [6.07, 6.45) is 0. The second kappa shape index (κ2) is 7.28. The van der Waals surface area contributed by atoms with Crippen molar-refractivity contribution in [2.75, 3.05) is 26.6 Å². The molecule has 100 valence electrons. The van der Waals surface area contributed by atoms with Crippen molar-refractivity contribution in [3.05, 3.63) is 29.3 Å². The molecule has 0 fully saturated rings. The fourth-order valence-corrected chi connectivity index (χ4v) is 2.60. The van der Waals surface area contributed by atoms with Crippen LogP contribution >= 0.6 is 0 Å². The van der Waals surface area contributed by atoms with Crippen LogP contribution in [0.5, 0.6) is 5.75 Å². The van der Waals surface area contributed by atoms with E-state index in [2.05, 4.69) is 0 Å². The average molecular weight is 270 g/mol. The van der Waals surface area contributed by atoms with Crippen LogP contribution in [0.3, 0.4) is 0 Å². The molecule has 0 N–H and O–H groups in total. The van der Waals surface area contributed by atoms with Gasteiger partial charge in [-0.1, -0.05) is 0 Å². The molecule has 0 radical (unpaired) electrons. The van der Waals surface area contributed by atoms with Crippen molar-refractivity contribution in [3.63, 3.8) is 0 Å². The Balaban J connectivity index is 2.87. The molecule has 1 aromatic rings. The average Bonchev–Trinajstić information content (AvgIpc) is 2.36. The molecule has 1 atom stereocenters. The van der Waals surface area contributed by atoms with Crippen molar-refractivity contribution >= 4 is 16.6 Å². The molecule has 5 heteroatoms. The number of hydrogen-bond donors (Lipinski definition) is 0. The van der Waals surface area contributed by atoms with Gasteiger partial charge in [-0.2, -0.15) is 0 Å². The first-order chi connectivity index (χ1) is 8.58. The van der Waals surface area contributed by atoms with Crippen molar-refractivity contribution in [2.24, 2.45) is 0 Å². The monoisotopic (exact) mass is 270 g/mol. The molecular weight excluding hydrogens is 252 g/mol. The van der Waals surface area contributed by atoms with Gasteiger partial charge in [0.15, 0.2) is 5.78 Å². The van der Waals surface area contributed by atoms with Gasteiger partial charge in [0, 0.05) is 34.8 Å². The lowest BCUT2D eigenvalue weighted by Gasteiger charge is -2.09. The Morgan fingerprint density at radius 3 is 2.61 bits per heavy atom. The van der Waals surface area contributed by atoms with E-state index in [1.54, 1.807) is 32.4 Å². The predicted molar refractivity (Wildman–Crippen MR) is 71.6 cm³/mol. The van der Waals surface area contributed by atoms with E-state index in [0.717, 1.165) is 5.56 Å². The summed E-state index contributed by atoms with van der Waals surface area (Å²) in [5.41, 5.74) is 1.40. The first kappa shape index (κ1) is 14.9.